The molecule has 4 heteroatoms. The van der Waals surface area contributed by atoms with Gasteiger partial charge < -0.3 is 15.0 Å². The van der Waals surface area contributed by atoms with Crippen LogP contribution in [0, 0.1) is 6.92 Å². The van der Waals surface area contributed by atoms with Gasteiger partial charge in [-0.15, -0.1) is 0 Å². The molecular weight excluding hydrogens is 264 g/mol. The normalized spacial score (nSPS) is 19.4. The molecule has 0 radical (unpaired) electrons. The van der Waals surface area contributed by atoms with Crippen LogP contribution in [0.15, 0.2) is 18.2 Å². The molecule has 0 bridgehead atoms. The second kappa shape index (κ2) is 6.58. The van der Waals surface area contributed by atoms with Gasteiger partial charge in [-0.05, 0) is 57.3 Å². The van der Waals surface area contributed by atoms with E-state index >= 15 is 0 Å². The van der Waals surface area contributed by atoms with Crippen LogP contribution in [0.5, 0.6) is 0 Å². The molecule has 1 fully saturated rings. The molecule has 4 nitrogen and oxygen atoms in total. The highest BCUT2D eigenvalue weighted by Gasteiger charge is 2.23. The zero-order valence-corrected chi connectivity index (χ0v) is 12.7. The molecule has 0 unspecified atom stereocenters. The highest BCUT2D eigenvalue weighted by molar-refractivity contribution is 5.95. The summed E-state index contributed by atoms with van der Waals surface area (Å²) in [5, 5.41) is 3.31. The van der Waals surface area contributed by atoms with E-state index in [4.69, 9.17) is 4.74 Å². The van der Waals surface area contributed by atoms with E-state index in [2.05, 4.69) is 30.4 Å². The molecule has 1 aromatic rings. The fraction of sp³-hybridized carbons (Fsp3) is 0.588. The lowest BCUT2D eigenvalue weighted by Gasteiger charge is -2.31. The van der Waals surface area contributed by atoms with Crippen molar-refractivity contribution in [3.05, 3.63) is 29.3 Å². The lowest BCUT2D eigenvalue weighted by molar-refractivity contribution is -0.125. The van der Waals surface area contributed by atoms with Crippen LogP contribution in [0.3, 0.4) is 0 Å². The smallest absolute Gasteiger partial charge is 0.252 e. The van der Waals surface area contributed by atoms with Crippen LogP contribution in [0.4, 0.5) is 5.69 Å². The first-order valence-electron chi connectivity index (χ1n) is 7.96. The van der Waals surface area contributed by atoms with Crippen molar-refractivity contribution in [2.24, 2.45) is 0 Å². The third kappa shape index (κ3) is 3.44. The summed E-state index contributed by atoms with van der Waals surface area (Å²) >= 11 is 0. The minimum absolute atomic E-state index is 0.0957. The molecule has 0 atom stereocenters. The van der Waals surface area contributed by atoms with Crippen molar-refractivity contribution >= 4 is 11.6 Å². The van der Waals surface area contributed by atoms with E-state index in [9.17, 15) is 4.79 Å². The Labute approximate surface area is 126 Å². The van der Waals surface area contributed by atoms with E-state index in [0.717, 1.165) is 51.0 Å². The van der Waals surface area contributed by atoms with Crippen molar-refractivity contribution in [3.8, 4) is 0 Å². The number of fused-ring (bicyclic) bond motifs is 1. The summed E-state index contributed by atoms with van der Waals surface area (Å²) in [7, 11) is 0. The quantitative estimate of drug-likeness (QED) is 0.925. The number of hydrogen-bond donors (Lipinski definition) is 1. The first-order chi connectivity index (χ1) is 10.2. The minimum Gasteiger partial charge on any atom is -0.368 e. The van der Waals surface area contributed by atoms with Gasteiger partial charge in [0.2, 0.25) is 0 Å². The number of amides is 1. The average Bonchev–Trinajstić information content (AvgIpc) is 2.52. The summed E-state index contributed by atoms with van der Waals surface area (Å²) in [5.41, 5.74) is 3.62. The topological polar surface area (TPSA) is 41.6 Å². The van der Waals surface area contributed by atoms with Crippen LogP contribution in [-0.4, -0.2) is 38.3 Å². The van der Waals surface area contributed by atoms with E-state index in [0.29, 0.717) is 0 Å². The second-order valence-electron chi connectivity index (χ2n) is 6.04. The number of rotatable bonds is 3. The molecule has 0 aliphatic carbocycles. The Kier molecular flexibility index (Phi) is 4.56. The van der Waals surface area contributed by atoms with Crippen molar-refractivity contribution < 1.29 is 9.53 Å². The minimum atomic E-state index is 0.0957. The summed E-state index contributed by atoms with van der Waals surface area (Å²) in [4.78, 5) is 14.4. The number of nitrogens with one attached hydrogen (secondary N) is 1. The van der Waals surface area contributed by atoms with E-state index in [1.54, 1.807) is 0 Å². The number of benzene rings is 1. The summed E-state index contributed by atoms with van der Waals surface area (Å²) in [6.07, 6.45) is 4.34. The first kappa shape index (κ1) is 14.5. The molecule has 1 N–H and O–H groups in total. The van der Waals surface area contributed by atoms with Gasteiger partial charge in [-0.25, -0.2) is 0 Å². The average molecular weight is 288 g/mol. The number of anilines is 1. The molecule has 21 heavy (non-hydrogen) atoms. The van der Waals surface area contributed by atoms with Crippen molar-refractivity contribution in [3.63, 3.8) is 0 Å². The van der Waals surface area contributed by atoms with Gasteiger partial charge >= 0.3 is 0 Å². The lowest BCUT2D eigenvalue weighted by Crippen LogP contribution is -2.40. The third-order valence-corrected chi connectivity index (χ3v) is 4.38. The summed E-state index contributed by atoms with van der Waals surface area (Å²) < 4.78 is 5.81. The molecule has 114 valence electrons. The van der Waals surface area contributed by atoms with Crippen LogP contribution in [0.1, 0.15) is 30.4 Å². The highest BCUT2D eigenvalue weighted by atomic mass is 16.5. The number of hydrogen-bond acceptors (Lipinski definition) is 3. The van der Waals surface area contributed by atoms with Crippen LogP contribution >= 0.6 is 0 Å². The number of carbonyl (C=O) groups excluding carboxylic acids is 1. The lowest BCUT2D eigenvalue weighted by atomic mass is 9.99. The maximum atomic E-state index is 12.5. The number of nitrogens with zero attached hydrogens (tertiary/aromatic N) is 1. The zero-order valence-electron chi connectivity index (χ0n) is 12.7. The van der Waals surface area contributed by atoms with Gasteiger partial charge in [-0.2, -0.15) is 0 Å². The van der Waals surface area contributed by atoms with E-state index in [1.807, 2.05) is 4.90 Å². The summed E-state index contributed by atoms with van der Waals surface area (Å²) in [6.45, 7) is 5.10. The van der Waals surface area contributed by atoms with Gasteiger partial charge in [-0.1, -0.05) is 17.7 Å². The number of aryl methyl sites for hydroxylation is 2. The monoisotopic (exact) mass is 288 g/mol. The van der Waals surface area contributed by atoms with E-state index < -0.39 is 0 Å². The molecule has 1 aromatic carbocycles. The van der Waals surface area contributed by atoms with Gasteiger partial charge in [0, 0.05) is 12.2 Å². The molecule has 0 aromatic heterocycles. The summed E-state index contributed by atoms with van der Waals surface area (Å²) in [6, 6.07) is 6.35. The number of ether oxygens (including phenoxy) is 1. The fourth-order valence-corrected chi connectivity index (χ4v) is 3.21. The van der Waals surface area contributed by atoms with E-state index in [1.165, 1.54) is 11.1 Å². The van der Waals surface area contributed by atoms with Crippen LogP contribution in [0.2, 0.25) is 0 Å². The standard InChI is InChI=1S/C17H24N2O2/c1-13-4-5-16-14(11-13)3-2-10-19(16)17(20)12-21-15-6-8-18-9-7-15/h4-5,11,15,18H,2-3,6-10,12H2,1H3. The first-order valence-corrected chi connectivity index (χ1v) is 7.96. The SMILES string of the molecule is Cc1ccc2c(c1)CCCN2C(=O)COC1CCNCC1. The number of carbonyl (C=O) groups is 1. The Morgan fingerprint density at radius 2 is 2.19 bits per heavy atom. The molecule has 1 saturated heterocycles. The Morgan fingerprint density at radius 1 is 1.38 bits per heavy atom. The van der Waals surface area contributed by atoms with Crippen LogP contribution in [-0.2, 0) is 16.0 Å². The van der Waals surface area contributed by atoms with Gasteiger partial charge in [0.1, 0.15) is 6.61 Å². The van der Waals surface area contributed by atoms with Crippen molar-refractivity contribution in [1.82, 2.24) is 5.32 Å². The fourth-order valence-electron chi connectivity index (χ4n) is 3.21. The molecule has 2 heterocycles. The maximum absolute atomic E-state index is 12.5. The van der Waals surface area contributed by atoms with Gasteiger partial charge in [-0.3, -0.25) is 4.79 Å². The molecular formula is C17H24N2O2. The molecule has 2 aliphatic heterocycles. The Morgan fingerprint density at radius 3 is 3.00 bits per heavy atom. The molecule has 0 saturated carbocycles. The second-order valence-corrected chi connectivity index (χ2v) is 6.04. The molecule has 0 spiro atoms. The Hall–Kier alpha value is -1.39. The Balaban J connectivity index is 1.63. The predicted octanol–water partition coefficient (Wildman–Crippen LogP) is 2.04. The van der Waals surface area contributed by atoms with Gasteiger partial charge in [0.15, 0.2) is 0 Å². The van der Waals surface area contributed by atoms with Gasteiger partial charge in [0.25, 0.3) is 5.91 Å². The highest BCUT2D eigenvalue weighted by Crippen LogP contribution is 2.28. The predicted molar refractivity (Wildman–Crippen MR) is 83.7 cm³/mol. The maximum Gasteiger partial charge on any atom is 0.252 e. The van der Waals surface area contributed by atoms with Crippen LogP contribution < -0.4 is 10.2 Å². The van der Waals surface area contributed by atoms with Crippen molar-refractivity contribution in [1.29, 1.82) is 0 Å². The van der Waals surface area contributed by atoms with Crippen LogP contribution in [0.25, 0.3) is 0 Å². The molecule has 2 aliphatic rings. The third-order valence-electron chi connectivity index (χ3n) is 4.38. The van der Waals surface area contributed by atoms with Crippen molar-refractivity contribution in [2.45, 2.75) is 38.7 Å². The zero-order chi connectivity index (χ0) is 14.7. The van der Waals surface area contributed by atoms with Gasteiger partial charge in [0.05, 0.1) is 6.10 Å². The molecule has 3 rings (SSSR count). The Bertz CT molecular complexity index is 510. The number of piperidine rings is 1. The largest absolute Gasteiger partial charge is 0.368 e. The van der Waals surface area contributed by atoms with Crippen molar-refractivity contribution in [2.75, 3.05) is 31.1 Å². The molecule has 1 amide bonds. The van der Waals surface area contributed by atoms with E-state index in [-0.39, 0.29) is 18.6 Å². The summed E-state index contributed by atoms with van der Waals surface area (Å²) in [5.74, 6) is 0.0957.